The second kappa shape index (κ2) is 3.00. The summed E-state index contributed by atoms with van der Waals surface area (Å²) in [7, 11) is 0. The zero-order chi connectivity index (χ0) is 8.48. The monoisotopic (exact) mass is 152 g/mol. The standard InChI is InChI=1S/C11H20/c1-5-11(3,4)7-6-10-8-9(10)2/h6-7,9-10H,5,8H2,1-4H3. The Morgan fingerprint density at radius 1 is 1.45 bits per heavy atom. The Bertz CT molecular complexity index is 153. The van der Waals surface area contributed by atoms with E-state index in [2.05, 4.69) is 39.8 Å². The minimum atomic E-state index is 0.419. The van der Waals surface area contributed by atoms with Crippen LogP contribution in [0.25, 0.3) is 0 Å². The summed E-state index contributed by atoms with van der Waals surface area (Å²) in [6, 6.07) is 0. The lowest BCUT2D eigenvalue weighted by atomic mass is 9.89. The van der Waals surface area contributed by atoms with E-state index in [-0.39, 0.29) is 0 Å². The summed E-state index contributed by atoms with van der Waals surface area (Å²) in [6.07, 6.45) is 7.45. The topological polar surface area (TPSA) is 0 Å². The van der Waals surface area contributed by atoms with Crippen LogP contribution >= 0.6 is 0 Å². The summed E-state index contributed by atoms with van der Waals surface area (Å²) in [5.41, 5.74) is 0.419. The molecule has 0 radical (unpaired) electrons. The second-order valence-corrected chi connectivity index (χ2v) is 4.58. The summed E-state index contributed by atoms with van der Waals surface area (Å²) < 4.78 is 0. The molecule has 11 heavy (non-hydrogen) atoms. The van der Waals surface area contributed by atoms with Crippen molar-refractivity contribution in [3.05, 3.63) is 12.2 Å². The second-order valence-electron chi connectivity index (χ2n) is 4.58. The van der Waals surface area contributed by atoms with Crippen LogP contribution in [0.15, 0.2) is 12.2 Å². The Balaban J connectivity index is 2.34. The molecule has 0 aromatic heterocycles. The maximum atomic E-state index is 2.41. The molecular formula is C11H20. The minimum absolute atomic E-state index is 0.419. The molecule has 0 heteroatoms. The van der Waals surface area contributed by atoms with Gasteiger partial charge in [0, 0.05) is 0 Å². The van der Waals surface area contributed by atoms with Crippen molar-refractivity contribution < 1.29 is 0 Å². The van der Waals surface area contributed by atoms with Crippen LogP contribution in [0.3, 0.4) is 0 Å². The predicted octanol–water partition coefficient (Wildman–Crippen LogP) is 3.63. The highest BCUT2D eigenvalue weighted by Crippen LogP contribution is 2.39. The first-order valence-electron chi connectivity index (χ1n) is 4.74. The maximum absolute atomic E-state index is 2.41. The Kier molecular flexibility index (Phi) is 2.41. The van der Waals surface area contributed by atoms with Gasteiger partial charge in [-0.3, -0.25) is 0 Å². The Morgan fingerprint density at radius 2 is 2.00 bits per heavy atom. The summed E-state index contributed by atoms with van der Waals surface area (Å²) in [5.74, 6) is 1.86. The normalized spacial score (nSPS) is 31.3. The molecule has 0 aromatic rings. The number of hydrogen-bond acceptors (Lipinski definition) is 0. The van der Waals surface area contributed by atoms with Gasteiger partial charge in [0.2, 0.25) is 0 Å². The summed E-state index contributed by atoms with van der Waals surface area (Å²) in [6.45, 7) is 9.18. The molecule has 0 saturated heterocycles. The predicted molar refractivity (Wildman–Crippen MR) is 50.5 cm³/mol. The molecule has 2 unspecified atom stereocenters. The van der Waals surface area contributed by atoms with Crippen LogP contribution in [0.5, 0.6) is 0 Å². The Morgan fingerprint density at radius 3 is 2.36 bits per heavy atom. The van der Waals surface area contributed by atoms with E-state index in [1.807, 2.05) is 0 Å². The lowest BCUT2D eigenvalue weighted by molar-refractivity contribution is 0.460. The molecule has 1 aliphatic rings. The first kappa shape index (κ1) is 8.83. The van der Waals surface area contributed by atoms with Gasteiger partial charge in [0.1, 0.15) is 0 Å². The lowest BCUT2D eigenvalue weighted by Crippen LogP contribution is -2.04. The molecule has 1 fully saturated rings. The minimum Gasteiger partial charge on any atom is -0.0846 e. The van der Waals surface area contributed by atoms with Crippen molar-refractivity contribution in [2.75, 3.05) is 0 Å². The van der Waals surface area contributed by atoms with Crippen molar-refractivity contribution in [3.8, 4) is 0 Å². The fourth-order valence-corrected chi connectivity index (χ4v) is 1.12. The van der Waals surface area contributed by atoms with E-state index in [4.69, 9.17) is 0 Å². The molecule has 1 saturated carbocycles. The molecule has 0 aromatic carbocycles. The van der Waals surface area contributed by atoms with Gasteiger partial charge in [-0.2, -0.15) is 0 Å². The highest BCUT2D eigenvalue weighted by Gasteiger charge is 2.30. The molecule has 2 atom stereocenters. The number of allylic oxidation sites excluding steroid dienone is 2. The molecule has 0 bridgehead atoms. The number of hydrogen-bond donors (Lipinski definition) is 0. The first-order valence-corrected chi connectivity index (χ1v) is 4.74. The van der Waals surface area contributed by atoms with Crippen molar-refractivity contribution in [2.45, 2.75) is 40.5 Å². The van der Waals surface area contributed by atoms with Crippen LogP contribution in [0.4, 0.5) is 0 Å². The van der Waals surface area contributed by atoms with Crippen LogP contribution in [0.1, 0.15) is 40.5 Å². The van der Waals surface area contributed by atoms with Crippen molar-refractivity contribution >= 4 is 0 Å². The van der Waals surface area contributed by atoms with Crippen LogP contribution in [-0.2, 0) is 0 Å². The van der Waals surface area contributed by atoms with Crippen molar-refractivity contribution in [3.63, 3.8) is 0 Å². The van der Waals surface area contributed by atoms with Gasteiger partial charge in [-0.25, -0.2) is 0 Å². The van der Waals surface area contributed by atoms with Gasteiger partial charge < -0.3 is 0 Å². The quantitative estimate of drug-likeness (QED) is 0.542. The van der Waals surface area contributed by atoms with E-state index in [9.17, 15) is 0 Å². The van der Waals surface area contributed by atoms with Gasteiger partial charge in [0.25, 0.3) is 0 Å². The summed E-state index contributed by atoms with van der Waals surface area (Å²) in [5, 5.41) is 0. The fourth-order valence-electron chi connectivity index (χ4n) is 1.12. The van der Waals surface area contributed by atoms with Crippen molar-refractivity contribution in [1.29, 1.82) is 0 Å². The first-order chi connectivity index (χ1) is 5.05. The van der Waals surface area contributed by atoms with Crippen LogP contribution < -0.4 is 0 Å². The van der Waals surface area contributed by atoms with E-state index in [0.29, 0.717) is 5.41 Å². The number of rotatable bonds is 3. The third-order valence-electron chi connectivity index (χ3n) is 2.88. The molecule has 1 rings (SSSR count). The average molecular weight is 152 g/mol. The van der Waals surface area contributed by atoms with Crippen molar-refractivity contribution in [2.24, 2.45) is 17.3 Å². The van der Waals surface area contributed by atoms with Gasteiger partial charge in [-0.05, 0) is 30.1 Å². The van der Waals surface area contributed by atoms with Crippen LogP contribution in [-0.4, -0.2) is 0 Å². The molecule has 0 aliphatic heterocycles. The maximum Gasteiger partial charge on any atom is -0.0177 e. The lowest BCUT2D eigenvalue weighted by Gasteiger charge is -2.16. The Labute approximate surface area is 70.7 Å². The molecule has 0 heterocycles. The highest BCUT2D eigenvalue weighted by atomic mass is 14.3. The van der Waals surface area contributed by atoms with Gasteiger partial charge in [0.05, 0.1) is 0 Å². The summed E-state index contributed by atoms with van der Waals surface area (Å²) in [4.78, 5) is 0. The van der Waals surface area contributed by atoms with E-state index < -0.39 is 0 Å². The molecular weight excluding hydrogens is 132 g/mol. The van der Waals surface area contributed by atoms with E-state index in [0.717, 1.165) is 11.8 Å². The van der Waals surface area contributed by atoms with Gasteiger partial charge in [-0.15, -0.1) is 0 Å². The van der Waals surface area contributed by atoms with Gasteiger partial charge in [-0.1, -0.05) is 39.8 Å². The molecule has 0 nitrogen and oxygen atoms in total. The molecule has 1 aliphatic carbocycles. The molecule has 0 N–H and O–H groups in total. The molecule has 64 valence electrons. The zero-order valence-corrected chi connectivity index (χ0v) is 8.22. The fraction of sp³-hybridized carbons (Fsp3) is 0.818. The smallest absolute Gasteiger partial charge is 0.0177 e. The average Bonchev–Trinajstić information content (AvgIpc) is 2.63. The summed E-state index contributed by atoms with van der Waals surface area (Å²) >= 11 is 0. The Hall–Kier alpha value is -0.260. The van der Waals surface area contributed by atoms with Gasteiger partial charge in [0.15, 0.2) is 0 Å². The highest BCUT2D eigenvalue weighted by molar-refractivity contribution is 5.04. The molecule has 0 amide bonds. The van der Waals surface area contributed by atoms with Crippen LogP contribution in [0.2, 0.25) is 0 Å². The third-order valence-corrected chi connectivity index (χ3v) is 2.88. The van der Waals surface area contributed by atoms with Crippen LogP contribution in [0, 0.1) is 17.3 Å². The third kappa shape index (κ3) is 2.69. The van der Waals surface area contributed by atoms with E-state index in [1.165, 1.54) is 12.8 Å². The van der Waals surface area contributed by atoms with E-state index >= 15 is 0 Å². The molecule has 0 spiro atoms. The zero-order valence-electron chi connectivity index (χ0n) is 8.22. The van der Waals surface area contributed by atoms with Crippen molar-refractivity contribution in [1.82, 2.24) is 0 Å². The SMILES string of the molecule is CCC(C)(C)C=CC1CC1C. The van der Waals surface area contributed by atoms with E-state index in [1.54, 1.807) is 0 Å². The largest absolute Gasteiger partial charge is 0.0846 e. The van der Waals surface area contributed by atoms with Gasteiger partial charge >= 0.3 is 0 Å².